The van der Waals surface area contributed by atoms with Crippen LogP contribution < -0.4 is 20.3 Å². The predicted octanol–water partition coefficient (Wildman–Crippen LogP) is 3.22. The summed E-state index contributed by atoms with van der Waals surface area (Å²) >= 11 is 0. The summed E-state index contributed by atoms with van der Waals surface area (Å²) in [4.78, 5) is 17.1. The van der Waals surface area contributed by atoms with E-state index in [0.717, 1.165) is 0 Å². The van der Waals surface area contributed by atoms with Crippen molar-refractivity contribution in [3.8, 4) is 17.2 Å². The fourth-order valence-electron chi connectivity index (χ4n) is 3.07. The zero-order valence-corrected chi connectivity index (χ0v) is 15.1. The number of anilines is 1. The first-order valence-corrected chi connectivity index (χ1v) is 8.99. The lowest BCUT2D eigenvalue weighted by Gasteiger charge is -2.19. The molecule has 1 aromatic heterocycles. The molecule has 0 bridgehead atoms. The summed E-state index contributed by atoms with van der Waals surface area (Å²) in [6.07, 6.45) is 3.27. The molecule has 27 heavy (non-hydrogen) atoms. The van der Waals surface area contributed by atoms with Crippen LogP contribution in [0.4, 0.5) is 5.82 Å². The highest BCUT2D eigenvalue weighted by Crippen LogP contribution is 2.31. The molecule has 0 spiro atoms. The fraction of sp³-hybridized carbons (Fsp3) is 0.238. The van der Waals surface area contributed by atoms with Gasteiger partial charge in [-0.2, -0.15) is 0 Å². The Labute approximate surface area is 157 Å². The summed E-state index contributed by atoms with van der Waals surface area (Å²) in [6.45, 7) is 3.78. The van der Waals surface area contributed by atoms with Crippen molar-refractivity contribution in [1.82, 2.24) is 9.55 Å². The first-order valence-electron chi connectivity index (χ1n) is 8.99. The van der Waals surface area contributed by atoms with E-state index in [1.807, 2.05) is 36.4 Å². The minimum atomic E-state index is -0.200. The second-order valence-corrected chi connectivity index (χ2v) is 6.47. The van der Waals surface area contributed by atoms with Gasteiger partial charge >= 0.3 is 0 Å². The van der Waals surface area contributed by atoms with E-state index < -0.39 is 0 Å². The van der Waals surface area contributed by atoms with Crippen molar-refractivity contribution in [2.75, 3.05) is 25.1 Å². The van der Waals surface area contributed by atoms with Crippen LogP contribution in [-0.2, 0) is 0 Å². The van der Waals surface area contributed by atoms with Crippen LogP contribution >= 0.6 is 0 Å². The van der Waals surface area contributed by atoms with Crippen LogP contribution in [0.15, 0.2) is 65.7 Å². The summed E-state index contributed by atoms with van der Waals surface area (Å²) in [7, 11) is 0. The van der Waals surface area contributed by atoms with Crippen LogP contribution in [-0.4, -0.2) is 29.3 Å². The molecule has 0 amide bonds. The summed E-state index contributed by atoms with van der Waals surface area (Å²) in [5, 5.41) is 3.18. The van der Waals surface area contributed by atoms with Crippen molar-refractivity contribution in [2.24, 2.45) is 0 Å². The van der Waals surface area contributed by atoms with E-state index in [9.17, 15) is 4.79 Å². The standard InChI is InChI=1S/C21H21N3O3/c1-15(16-5-3-2-4-6-16)14-23-20-21(25)24(10-9-22-20)17-7-8-18-19(13-17)27-12-11-26-18/h2-10,13,15H,11-12,14H2,1H3,(H,22,23)/t15-/m0/s1. The third-order valence-corrected chi connectivity index (χ3v) is 4.59. The first kappa shape index (κ1) is 17.1. The molecule has 138 valence electrons. The molecule has 0 radical (unpaired) electrons. The molecular formula is C21H21N3O3. The zero-order chi connectivity index (χ0) is 18.6. The van der Waals surface area contributed by atoms with Gasteiger partial charge in [-0.25, -0.2) is 4.98 Å². The van der Waals surface area contributed by atoms with E-state index in [2.05, 4.69) is 29.4 Å². The normalized spacial score (nSPS) is 13.8. The van der Waals surface area contributed by atoms with Crippen molar-refractivity contribution in [2.45, 2.75) is 12.8 Å². The largest absolute Gasteiger partial charge is 0.486 e. The van der Waals surface area contributed by atoms with Gasteiger partial charge < -0.3 is 14.8 Å². The summed E-state index contributed by atoms with van der Waals surface area (Å²) < 4.78 is 12.7. The van der Waals surface area contributed by atoms with Crippen LogP contribution in [0.2, 0.25) is 0 Å². The number of benzene rings is 2. The molecule has 1 atom stereocenters. The Bertz CT molecular complexity index is 985. The molecule has 4 rings (SSSR count). The molecule has 1 N–H and O–H groups in total. The van der Waals surface area contributed by atoms with Crippen LogP contribution in [0.1, 0.15) is 18.4 Å². The number of hydrogen-bond acceptors (Lipinski definition) is 5. The smallest absolute Gasteiger partial charge is 0.297 e. The lowest BCUT2D eigenvalue weighted by Crippen LogP contribution is -2.25. The molecule has 6 nitrogen and oxygen atoms in total. The number of ether oxygens (including phenoxy) is 2. The van der Waals surface area contributed by atoms with Gasteiger partial charge in [-0.3, -0.25) is 9.36 Å². The van der Waals surface area contributed by atoms with Gasteiger partial charge in [0.1, 0.15) is 13.2 Å². The Kier molecular flexibility index (Phi) is 4.78. The Morgan fingerprint density at radius 3 is 2.70 bits per heavy atom. The van der Waals surface area contributed by atoms with Crippen molar-refractivity contribution in [1.29, 1.82) is 0 Å². The average Bonchev–Trinajstić information content (AvgIpc) is 2.73. The van der Waals surface area contributed by atoms with E-state index in [0.29, 0.717) is 42.8 Å². The highest BCUT2D eigenvalue weighted by molar-refractivity contribution is 5.50. The third kappa shape index (κ3) is 3.65. The number of hydrogen-bond donors (Lipinski definition) is 1. The van der Waals surface area contributed by atoms with E-state index in [1.165, 1.54) is 5.56 Å². The minimum absolute atomic E-state index is 0.200. The van der Waals surface area contributed by atoms with Gasteiger partial charge in [-0.05, 0) is 23.6 Å². The lowest BCUT2D eigenvalue weighted by atomic mass is 10.0. The molecular weight excluding hydrogens is 342 g/mol. The SMILES string of the molecule is C[C@@H](CNc1nccn(-c2ccc3c(c2)OCCO3)c1=O)c1ccccc1. The molecule has 0 aliphatic carbocycles. The van der Waals surface area contributed by atoms with Crippen LogP contribution in [0.3, 0.4) is 0 Å². The quantitative estimate of drug-likeness (QED) is 0.754. The number of nitrogens with one attached hydrogen (secondary N) is 1. The molecule has 0 fully saturated rings. The molecule has 0 unspecified atom stereocenters. The van der Waals surface area contributed by atoms with Crippen LogP contribution in [0.25, 0.3) is 5.69 Å². The molecule has 1 aliphatic heterocycles. The molecule has 1 aliphatic rings. The van der Waals surface area contributed by atoms with Gasteiger partial charge in [0, 0.05) is 25.0 Å². The maximum atomic E-state index is 12.9. The topological polar surface area (TPSA) is 65.4 Å². The van der Waals surface area contributed by atoms with Gasteiger partial charge in [0.15, 0.2) is 17.3 Å². The Morgan fingerprint density at radius 1 is 1.11 bits per heavy atom. The van der Waals surface area contributed by atoms with Gasteiger partial charge in [0.25, 0.3) is 5.56 Å². The summed E-state index contributed by atoms with van der Waals surface area (Å²) in [5.41, 5.74) is 1.73. The average molecular weight is 363 g/mol. The molecule has 2 heterocycles. The van der Waals surface area contributed by atoms with Gasteiger partial charge in [-0.1, -0.05) is 37.3 Å². The van der Waals surface area contributed by atoms with Gasteiger partial charge in [-0.15, -0.1) is 0 Å². The second kappa shape index (κ2) is 7.53. The van der Waals surface area contributed by atoms with E-state index in [4.69, 9.17) is 9.47 Å². The van der Waals surface area contributed by atoms with Crippen molar-refractivity contribution in [3.63, 3.8) is 0 Å². The van der Waals surface area contributed by atoms with Crippen molar-refractivity contribution in [3.05, 3.63) is 76.8 Å². The zero-order valence-electron chi connectivity index (χ0n) is 15.1. The number of fused-ring (bicyclic) bond motifs is 1. The maximum absolute atomic E-state index is 12.9. The number of rotatable bonds is 5. The van der Waals surface area contributed by atoms with Crippen LogP contribution in [0, 0.1) is 0 Å². The number of aromatic nitrogens is 2. The molecule has 6 heteroatoms. The van der Waals surface area contributed by atoms with Crippen molar-refractivity contribution >= 4 is 5.82 Å². The van der Waals surface area contributed by atoms with E-state index in [1.54, 1.807) is 17.0 Å². The lowest BCUT2D eigenvalue weighted by molar-refractivity contribution is 0.171. The molecule has 0 saturated heterocycles. The van der Waals surface area contributed by atoms with Crippen molar-refractivity contribution < 1.29 is 9.47 Å². The Morgan fingerprint density at radius 2 is 1.89 bits per heavy atom. The summed E-state index contributed by atoms with van der Waals surface area (Å²) in [6, 6.07) is 15.7. The monoisotopic (exact) mass is 363 g/mol. The van der Waals surface area contributed by atoms with Gasteiger partial charge in [0.2, 0.25) is 0 Å². The Hall–Kier alpha value is -3.28. The molecule has 3 aromatic rings. The highest BCUT2D eigenvalue weighted by atomic mass is 16.6. The third-order valence-electron chi connectivity index (χ3n) is 4.59. The highest BCUT2D eigenvalue weighted by Gasteiger charge is 2.14. The maximum Gasteiger partial charge on any atom is 0.297 e. The predicted molar refractivity (Wildman–Crippen MR) is 104 cm³/mol. The Balaban J connectivity index is 1.55. The first-order chi connectivity index (χ1) is 13.2. The number of nitrogens with zero attached hydrogens (tertiary/aromatic N) is 2. The van der Waals surface area contributed by atoms with Crippen LogP contribution in [0.5, 0.6) is 11.5 Å². The molecule has 2 aromatic carbocycles. The van der Waals surface area contributed by atoms with E-state index >= 15 is 0 Å². The van der Waals surface area contributed by atoms with E-state index in [-0.39, 0.29) is 11.5 Å². The second-order valence-electron chi connectivity index (χ2n) is 6.47. The fourth-order valence-corrected chi connectivity index (χ4v) is 3.07. The van der Waals surface area contributed by atoms with Gasteiger partial charge in [0.05, 0.1) is 5.69 Å². The molecule has 0 saturated carbocycles. The minimum Gasteiger partial charge on any atom is -0.486 e. The summed E-state index contributed by atoms with van der Waals surface area (Å²) in [5.74, 6) is 1.93.